The van der Waals surface area contributed by atoms with Crippen LogP contribution in [0.2, 0.25) is 0 Å². The van der Waals surface area contributed by atoms with Gasteiger partial charge in [-0.25, -0.2) is 14.5 Å². The van der Waals surface area contributed by atoms with Crippen molar-refractivity contribution < 1.29 is 19.1 Å². The number of esters is 1. The first-order chi connectivity index (χ1) is 13.6. The fourth-order valence-electron chi connectivity index (χ4n) is 2.29. The van der Waals surface area contributed by atoms with E-state index in [1.807, 2.05) is 0 Å². The van der Waals surface area contributed by atoms with Crippen molar-refractivity contribution in [3.8, 4) is 11.7 Å². The third-order valence-corrected chi connectivity index (χ3v) is 3.68. The summed E-state index contributed by atoms with van der Waals surface area (Å²) < 4.78 is 11.5. The lowest BCUT2D eigenvalue weighted by molar-refractivity contribution is 0.0600. The average Bonchev–Trinajstić information content (AvgIpc) is 3.25. The zero-order valence-electron chi connectivity index (χ0n) is 14.9. The van der Waals surface area contributed by atoms with Gasteiger partial charge in [-0.15, -0.1) is 0 Å². The number of ether oxygens (including phenoxy) is 2. The Hall–Kier alpha value is -3.95. The molecule has 10 nitrogen and oxygen atoms in total. The molecule has 0 fully saturated rings. The molecule has 2 N–H and O–H groups in total. The SMILES string of the molecule is COC(=O)c1ccc(OCCNC(=O)c2cnc(-n3cccn3)[nH]c2=O)cc1. The van der Waals surface area contributed by atoms with Crippen LogP contribution >= 0.6 is 0 Å². The molecule has 3 rings (SSSR count). The molecule has 10 heteroatoms. The normalized spacial score (nSPS) is 10.3. The number of amides is 1. The first kappa shape index (κ1) is 18.8. The molecule has 0 saturated carbocycles. The van der Waals surface area contributed by atoms with Crippen LogP contribution in [0.15, 0.2) is 53.7 Å². The maximum atomic E-state index is 12.1. The number of H-pyrrole nitrogens is 1. The summed E-state index contributed by atoms with van der Waals surface area (Å²) in [6.07, 6.45) is 4.36. The highest BCUT2D eigenvalue weighted by Crippen LogP contribution is 2.12. The zero-order chi connectivity index (χ0) is 19.9. The van der Waals surface area contributed by atoms with E-state index >= 15 is 0 Å². The second-order valence-corrected chi connectivity index (χ2v) is 5.52. The maximum Gasteiger partial charge on any atom is 0.337 e. The van der Waals surface area contributed by atoms with Crippen molar-refractivity contribution in [3.63, 3.8) is 0 Å². The smallest absolute Gasteiger partial charge is 0.337 e. The molecule has 0 aliphatic heterocycles. The first-order valence-electron chi connectivity index (χ1n) is 8.27. The largest absolute Gasteiger partial charge is 0.492 e. The van der Waals surface area contributed by atoms with Crippen molar-refractivity contribution in [1.29, 1.82) is 0 Å². The Morgan fingerprint density at radius 3 is 2.68 bits per heavy atom. The summed E-state index contributed by atoms with van der Waals surface area (Å²) in [5.74, 6) is -0.253. The van der Waals surface area contributed by atoms with Crippen LogP contribution in [0.3, 0.4) is 0 Å². The van der Waals surface area contributed by atoms with Crippen LogP contribution in [-0.4, -0.2) is 51.9 Å². The van der Waals surface area contributed by atoms with E-state index in [2.05, 4.69) is 25.1 Å². The van der Waals surface area contributed by atoms with Gasteiger partial charge in [0, 0.05) is 18.6 Å². The standard InChI is InChI=1S/C18H17N5O5/c1-27-17(26)12-3-5-13(6-4-12)28-10-8-19-15(24)14-11-20-18(22-16(14)25)23-9-2-7-21-23/h2-7,9,11H,8,10H2,1H3,(H,19,24)(H,20,22,25). The van der Waals surface area contributed by atoms with E-state index in [-0.39, 0.29) is 24.7 Å². The molecule has 0 spiro atoms. The second-order valence-electron chi connectivity index (χ2n) is 5.52. The summed E-state index contributed by atoms with van der Waals surface area (Å²) in [6, 6.07) is 8.08. The lowest BCUT2D eigenvalue weighted by Crippen LogP contribution is -2.33. The van der Waals surface area contributed by atoms with Crippen molar-refractivity contribution in [2.24, 2.45) is 0 Å². The van der Waals surface area contributed by atoms with Crippen molar-refractivity contribution in [3.05, 3.63) is 70.4 Å². The Kier molecular flexibility index (Phi) is 5.80. The van der Waals surface area contributed by atoms with Gasteiger partial charge in [0.15, 0.2) is 0 Å². The van der Waals surface area contributed by atoms with Crippen LogP contribution in [0.5, 0.6) is 5.75 Å². The van der Waals surface area contributed by atoms with Crippen LogP contribution in [0.25, 0.3) is 5.95 Å². The number of nitrogens with one attached hydrogen (secondary N) is 2. The van der Waals surface area contributed by atoms with Gasteiger partial charge in [-0.2, -0.15) is 5.10 Å². The van der Waals surface area contributed by atoms with Crippen molar-refractivity contribution in [1.82, 2.24) is 25.1 Å². The van der Waals surface area contributed by atoms with Crippen molar-refractivity contribution in [2.75, 3.05) is 20.3 Å². The summed E-state index contributed by atoms with van der Waals surface area (Å²) in [4.78, 5) is 42.1. The van der Waals surface area contributed by atoms with Crippen LogP contribution in [0, 0.1) is 0 Å². The third-order valence-electron chi connectivity index (χ3n) is 3.68. The molecule has 28 heavy (non-hydrogen) atoms. The number of aromatic nitrogens is 4. The molecule has 1 amide bonds. The molecule has 0 radical (unpaired) electrons. The van der Waals surface area contributed by atoms with Gasteiger partial charge in [-0.05, 0) is 30.3 Å². The van der Waals surface area contributed by atoms with Gasteiger partial charge in [-0.1, -0.05) is 0 Å². The van der Waals surface area contributed by atoms with Gasteiger partial charge in [0.2, 0.25) is 5.95 Å². The molecule has 0 unspecified atom stereocenters. The number of aromatic amines is 1. The van der Waals surface area contributed by atoms with Gasteiger partial charge < -0.3 is 14.8 Å². The summed E-state index contributed by atoms with van der Waals surface area (Å²) in [6.45, 7) is 0.359. The summed E-state index contributed by atoms with van der Waals surface area (Å²) in [5, 5.41) is 6.54. The number of carbonyl (C=O) groups is 2. The number of rotatable bonds is 7. The molecule has 0 aliphatic rings. The van der Waals surface area contributed by atoms with Crippen LogP contribution in [0.1, 0.15) is 20.7 Å². The fraction of sp³-hybridized carbons (Fsp3) is 0.167. The predicted octanol–water partition coefficient (Wildman–Crippen LogP) is 0.551. The van der Waals surface area contributed by atoms with Gasteiger partial charge in [0.1, 0.15) is 17.9 Å². The topological polar surface area (TPSA) is 128 Å². The average molecular weight is 383 g/mol. The van der Waals surface area contributed by atoms with Gasteiger partial charge in [-0.3, -0.25) is 14.6 Å². The summed E-state index contributed by atoms with van der Waals surface area (Å²) >= 11 is 0. The van der Waals surface area contributed by atoms with E-state index in [9.17, 15) is 14.4 Å². The van der Waals surface area contributed by atoms with Crippen LogP contribution < -0.4 is 15.6 Å². The Balaban J connectivity index is 1.50. The molecule has 0 atom stereocenters. The minimum absolute atomic E-state index is 0.113. The van der Waals surface area contributed by atoms with E-state index in [1.165, 1.54) is 18.0 Å². The molecular formula is C18H17N5O5. The number of nitrogens with zero attached hydrogens (tertiary/aromatic N) is 3. The number of carbonyl (C=O) groups excluding carboxylic acids is 2. The molecule has 3 aromatic rings. The van der Waals surface area contributed by atoms with Gasteiger partial charge in [0.05, 0.1) is 19.2 Å². The highest BCUT2D eigenvalue weighted by molar-refractivity contribution is 5.93. The Morgan fingerprint density at radius 2 is 2.04 bits per heavy atom. The van der Waals surface area contributed by atoms with Crippen LogP contribution in [0.4, 0.5) is 0 Å². The van der Waals surface area contributed by atoms with Crippen LogP contribution in [-0.2, 0) is 4.74 Å². The molecule has 144 valence electrons. The predicted molar refractivity (Wildman–Crippen MR) is 97.6 cm³/mol. The lowest BCUT2D eigenvalue weighted by Gasteiger charge is -2.08. The minimum atomic E-state index is -0.572. The number of methoxy groups -OCH3 is 1. The number of hydrogen-bond donors (Lipinski definition) is 2. The molecular weight excluding hydrogens is 366 g/mol. The monoisotopic (exact) mass is 383 g/mol. The fourth-order valence-corrected chi connectivity index (χ4v) is 2.29. The van der Waals surface area contributed by atoms with E-state index in [0.717, 1.165) is 0 Å². The highest BCUT2D eigenvalue weighted by atomic mass is 16.5. The van der Waals surface area contributed by atoms with Gasteiger partial charge in [0.25, 0.3) is 11.5 Å². The first-order valence-corrected chi connectivity index (χ1v) is 8.27. The summed E-state index contributed by atoms with van der Waals surface area (Å²) in [5.41, 5.74) is -0.274. The molecule has 0 saturated heterocycles. The Bertz CT molecular complexity index is 1010. The van der Waals surface area contributed by atoms with E-state index in [1.54, 1.807) is 42.7 Å². The number of benzene rings is 1. The summed E-state index contributed by atoms with van der Waals surface area (Å²) in [7, 11) is 1.31. The zero-order valence-corrected chi connectivity index (χ0v) is 14.9. The van der Waals surface area contributed by atoms with E-state index in [4.69, 9.17) is 4.74 Å². The third kappa shape index (κ3) is 4.41. The minimum Gasteiger partial charge on any atom is -0.492 e. The Labute approximate surface area is 159 Å². The molecule has 0 aliphatic carbocycles. The quantitative estimate of drug-likeness (QED) is 0.450. The lowest BCUT2D eigenvalue weighted by atomic mass is 10.2. The molecule has 0 bridgehead atoms. The molecule has 1 aromatic carbocycles. The van der Waals surface area contributed by atoms with E-state index < -0.39 is 17.4 Å². The Morgan fingerprint density at radius 1 is 1.25 bits per heavy atom. The molecule has 2 aromatic heterocycles. The van der Waals surface area contributed by atoms with Crippen molar-refractivity contribution >= 4 is 11.9 Å². The van der Waals surface area contributed by atoms with Crippen molar-refractivity contribution in [2.45, 2.75) is 0 Å². The number of hydrogen-bond acceptors (Lipinski definition) is 7. The van der Waals surface area contributed by atoms with E-state index in [0.29, 0.717) is 11.3 Å². The molecule has 2 heterocycles. The maximum absolute atomic E-state index is 12.1. The highest BCUT2D eigenvalue weighted by Gasteiger charge is 2.12. The second kappa shape index (κ2) is 8.62. The van der Waals surface area contributed by atoms with Gasteiger partial charge >= 0.3 is 5.97 Å².